The van der Waals surface area contributed by atoms with Gasteiger partial charge in [0.05, 0.1) is 32.3 Å². The van der Waals surface area contributed by atoms with Crippen LogP contribution < -0.4 is 14.4 Å². The lowest BCUT2D eigenvalue weighted by Crippen LogP contribution is -2.45. The van der Waals surface area contributed by atoms with Crippen LogP contribution >= 0.6 is 22.9 Å². The van der Waals surface area contributed by atoms with Crippen LogP contribution in [0.2, 0.25) is 5.02 Å². The molecule has 10 nitrogen and oxygen atoms in total. The van der Waals surface area contributed by atoms with Crippen LogP contribution in [0, 0.1) is 5.92 Å². The molecule has 0 spiro atoms. The number of anilines is 1. The number of thiazole rings is 1. The Labute approximate surface area is 249 Å². The van der Waals surface area contributed by atoms with Gasteiger partial charge in [-0.05, 0) is 55.7 Å². The minimum atomic E-state index is -3.66. The van der Waals surface area contributed by atoms with Crippen molar-refractivity contribution in [2.24, 2.45) is 5.92 Å². The summed E-state index contributed by atoms with van der Waals surface area (Å²) in [7, 11) is -0.460. The Morgan fingerprint density at radius 3 is 2.37 bits per heavy atom. The highest BCUT2D eigenvalue weighted by Crippen LogP contribution is 2.41. The first kappa shape index (κ1) is 30.0. The third-order valence-electron chi connectivity index (χ3n) is 7.61. The quantitative estimate of drug-likeness (QED) is 0.333. The molecule has 1 amide bonds. The average molecular weight is 623 g/mol. The van der Waals surface area contributed by atoms with Gasteiger partial charge >= 0.3 is 0 Å². The first-order valence-corrected chi connectivity index (χ1v) is 16.3. The van der Waals surface area contributed by atoms with Gasteiger partial charge in [-0.3, -0.25) is 14.6 Å². The molecule has 5 rings (SSSR count). The van der Waals surface area contributed by atoms with Gasteiger partial charge < -0.3 is 14.2 Å². The van der Waals surface area contributed by atoms with Crippen LogP contribution in [-0.4, -0.2) is 95.2 Å². The summed E-state index contributed by atoms with van der Waals surface area (Å²) in [6, 6.07) is 9.82. The number of sulfonamides is 1. The molecule has 3 heterocycles. The fourth-order valence-electron chi connectivity index (χ4n) is 5.29. The van der Waals surface area contributed by atoms with E-state index in [0.717, 1.165) is 44.0 Å². The molecule has 0 atom stereocenters. The first-order chi connectivity index (χ1) is 19.8. The maximum absolute atomic E-state index is 14.0. The number of carbonyl (C=O) groups is 1. The Hall–Kier alpha value is -2.48. The smallest absolute Gasteiger partial charge is 0.243 e. The number of aromatic nitrogens is 1. The number of amides is 1. The molecular weight excluding hydrogens is 588 g/mol. The third-order valence-corrected chi connectivity index (χ3v) is 10.9. The van der Waals surface area contributed by atoms with Crippen molar-refractivity contribution in [1.82, 2.24) is 14.2 Å². The zero-order chi connectivity index (χ0) is 29.0. The molecule has 41 heavy (non-hydrogen) atoms. The van der Waals surface area contributed by atoms with Gasteiger partial charge in [-0.15, -0.1) is 0 Å². The van der Waals surface area contributed by atoms with Gasteiger partial charge in [0, 0.05) is 50.2 Å². The van der Waals surface area contributed by atoms with Crippen molar-refractivity contribution in [2.45, 2.75) is 24.2 Å². The SMILES string of the molecule is COc1ccc(OC)c2sc(N(CCCN3CCOCC3)C(=O)C3CCN(S(=O)(=O)c4ccc(Cl)cc4)CC3)nc12. The van der Waals surface area contributed by atoms with Gasteiger partial charge in [0.25, 0.3) is 0 Å². The van der Waals surface area contributed by atoms with E-state index in [1.165, 1.54) is 27.8 Å². The van der Waals surface area contributed by atoms with E-state index in [4.69, 9.17) is 30.8 Å². The van der Waals surface area contributed by atoms with Crippen molar-refractivity contribution in [1.29, 1.82) is 0 Å². The number of fused-ring (bicyclic) bond motifs is 1. The molecule has 3 aromatic rings. The number of carbonyl (C=O) groups excluding carboxylic acids is 1. The summed E-state index contributed by atoms with van der Waals surface area (Å²) in [5.41, 5.74) is 0.654. The number of nitrogens with zero attached hydrogens (tertiary/aromatic N) is 4. The molecule has 0 saturated carbocycles. The molecule has 0 N–H and O–H groups in total. The summed E-state index contributed by atoms with van der Waals surface area (Å²) in [5.74, 6) is 0.939. The second-order valence-electron chi connectivity index (χ2n) is 10.1. The number of morpholine rings is 1. The lowest BCUT2D eigenvalue weighted by atomic mass is 9.96. The van der Waals surface area contributed by atoms with Gasteiger partial charge in [0.2, 0.25) is 15.9 Å². The van der Waals surface area contributed by atoms with Crippen LogP contribution in [0.3, 0.4) is 0 Å². The van der Waals surface area contributed by atoms with E-state index in [1.54, 1.807) is 31.3 Å². The highest BCUT2D eigenvalue weighted by Gasteiger charge is 2.35. The fourth-order valence-corrected chi connectivity index (χ4v) is 7.99. The van der Waals surface area contributed by atoms with Crippen LogP contribution in [0.25, 0.3) is 10.2 Å². The van der Waals surface area contributed by atoms with Crippen molar-refractivity contribution in [3.05, 3.63) is 41.4 Å². The molecule has 2 fully saturated rings. The Morgan fingerprint density at radius 1 is 1.05 bits per heavy atom. The van der Waals surface area contributed by atoms with Gasteiger partial charge in [-0.2, -0.15) is 4.31 Å². The second-order valence-corrected chi connectivity index (χ2v) is 13.4. The minimum absolute atomic E-state index is 0.0347. The molecule has 0 aliphatic carbocycles. The molecule has 2 aliphatic heterocycles. The van der Waals surface area contributed by atoms with Gasteiger partial charge in [0.15, 0.2) is 5.13 Å². The highest BCUT2D eigenvalue weighted by atomic mass is 35.5. The minimum Gasteiger partial charge on any atom is -0.495 e. The van der Waals surface area contributed by atoms with Crippen LogP contribution in [0.4, 0.5) is 5.13 Å². The predicted molar refractivity (Wildman–Crippen MR) is 160 cm³/mol. The highest BCUT2D eigenvalue weighted by molar-refractivity contribution is 7.89. The Bertz CT molecular complexity index is 1410. The van der Waals surface area contributed by atoms with Crippen LogP contribution in [0.5, 0.6) is 11.5 Å². The van der Waals surface area contributed by atoms with E-state index in [0.29, 0.717) is 46.6 Å². The Morgan fingerprint density at radius 2 is 1.71 bits per heavy atom. The van der Waals surface area contributed by atoms with E-state index in [9.17, 15) is 13.2 Å². The number of hydrogen-bond donors (Lipinski definition) is 0. The second kappa shape index (κ2) is 13.2. The van der Waals surface area contributed by atoms with E-state index < -0.39 is 10.0 Å². The maximum Gasteiger partial charge on any atom is 0.243 e. The normalized spacial score (nSPS) is 17.5. The molecule has 2 saturated heterocycles. The summed E-state index contributed by atoms with van der Waals surface area (Å²) >= 11 is 7.35. The molecule has 222 valence electrons. The zero-order valence-corrected chi connectivity index (χ0v) is 25.6. The molecule has 2 aromatic carbocycles. The van der Waals surface area contributed by atoms with E-state index >= 15 is 0 Å². The molecule has 13 heteroatoms. The summed E-state index contributed by atoms with van der Waals surface area (Å²) in [5, 5.41) is 1.07. The van der Waals surface area contributed by atoms with Crippen LogP contribution in [0.1, 0.15) is 19.3 Å². The maximum atomic E-state index is 14.0. The lowest BCUT2D eigenvalue weighted by Gasteiger charge is -2.33. The van der Waals surface area contributed by atoms with Crippen LogP contribution in [0.15, 0.2) is 41.3 Å². The van der Waals surface area contributed by atoms with Crippen molar-refractivity contribution >= 4 is 54.2 Å². The van der Waals surface area contributed by atoms with E-state index in [1.807, 2.05) is 12.1 Å². The van der Waals surface area contributed by atoms with E-state index in [-0.39, 0.29) is 29.8 Å². The number of piperidine rings is 1. The Balaban J connectivity index is 1.35. The predicted octanol–water partition coefficient (Wildman–Crippen LogP) is 4.12. The van der Waals surface area contributed by atoms with Gasteiger partial charge in [-0.1, -0.05) is 22.9 Å². The molecule has 0 bridgehead atoms. The van der Waals surface area contributed by atoms with Gasteiger partial charge in [0.1, 0.15) is 21.7 Å². The number of rotatable bonds is 10. The largest absolute Gasteiger partial charge is 0.495 e. The van der Waals surface area contributed by atoms with E-state index in [2.05, 4.69) is 4.90 Å². The van der Waals surface area contributed by atoms with Crippen molar-refractivity contribution < 1.29 is 27.4 Å². The monoisotopic (exact) mass is 622 g/mol. The molecule has 0 unspecified atom stereocenters. The standard InChI is InChI=1S/C28H35ClN4O6S2/c1-37-23-8-9-24(38-2)26-25(23)30-28(40-26)33(13-3-12-31-16-18-39-19-17-31)27(34)20-10-14-32(15-11-20)41(35,36)22-6-4-21(29)5-7-22/h4-9,20H,3,10-19H2,1-2H3. The molecule has 2 aliphatic rings. The zero-order valence-electron chi connectivity index (χ0n) is 23.3. The molecule has 1 aromatic heterocycles. The summed E-state index contributed by atoms with van der Waals surface area (Å²) in [6.07, 6.45) is 1.64. The summed E-state index contributed by atoms with van der Waals surface area (Å²) in [4.78, 5) is 23.2. The first-order valence-electron chi connectivity index (χ1n) is 13.7. The fraction of sp³-hybridized carbons (Fsp3) is 0.500. The Kier molecular flexibility index (Phi) is 9.67. The number of ether oxygens (including phenoxy) is 3. The molecule has 0 radical (unpaired) electrons. The van der Waals surface area contributed by atoms with Gasteiger partial charge in [-0.25, -0.2) is 13.4 Å². The topological polar surface area (TPSA) is 102 Å². The number of methoxy groups -OCH3 is 2. The van der Waals surface area contributed by atoms with Crippen molar-refractivity contribution in [3.63, 3.8) is 0 Å². The summed E-state index contributed by atoms with van der Waals surface area (Å²) < 4.78 is 45.2. The average Bonchev–Trinajstić information content (AvgIpc) is 3.44. The summed E-state index contributed by atoms with van der Waals surface area (Å²) in [6.45, 7) is 5.09. The number of benzene rings is 2. The molecular formula is C28H35ClN4O6S2. The lowest BCUT2D eigenvalue weighted by molar-refractivity contribution is -0.123. The van der Waals surface area contributed by atoms with Crippen molar-refractivity contribution in [3.8, 4) is 11.5 Å². The number of halogens is 1. The third kappa shape index (κ3) is 6.63. The van der Waals surface area contributed by atoms with Crippen molar-refractivity contribution in [2.75, 3.05) is 71.6 Å². The number of hydrogen-bond acceptors (Lipinski definition) is 9. The van der Waals surface area contributed by atoms with Crippen LogP contribution in [-0.2, 0) is 19.6 Å².